The van der Waals surface area contributed by atoms with Crippen molar-refractivity contribution in [3.63, 3.8) is 0 Å². The number of aromatic nitrogens is 2. The van der Waals surface area contributed by atoms with Crippen LogP contribution in [0.5, 0.6) is 0 Å². The Hall–Kier alpha value is -2.29. The Kier molecular flexibility index (Phi) is 3.65. The van der Waals surface area contributed by atoms with Crippen LogP contribution in [0.25, 0.3) is 10.8 Å². The quantitative estimate of drug-likeness (QED) is 0.771. The van der Waals surface area contributed by atoms with Crippen LogP contribution >= 0.6 is 0 Å². The first-order chi connectivity index (χ1) is 10.1. The van der Waals surface area contributed by atoms with Gasteiger partial charge in [0.25, 0.3) is 0 Å². The van der Waals surface area contributed by atoms with Gasteiger partial charge in [-0.1, -0.05) is 44.2 Å². The minimum absolute atomic E-state index is 0.444. The van der Waals surface area contributed by atoms with Gasteiger partial charge in [0, 0.05) is 31.0 Å². The Bertz CT molecular complexity index is 756. The van der Waals surface area contributed by atoms with E-state index in [0.717, 1.165) is 12.2 Å². The molecule has 0 atom stereocenters. The first kappa shape index (κ1) is 13.7. The molecule has 3 rings (SSSR count). The summed E-state index contributed by atoms with van der Waals surface area (Å²) in [6, 6.07) is 14.9. The molecule has 1 aromatic heterocycles. The molecule has 0 unspecified atom stereocenters. The number of nitrogens with one attached hydrogen (secondary N) is 1. The monoisotopic (exact) mass is 279 g/mol. The molecule has 0 aliphatic carbocycles. The molecule has 1 heterocycles. The molecule has 0 spiro atoms. The van der Waals surface area contributed by atoms with E-state index in [4.69, 9.17) is 0 Å². The lowest BCUT2D eigenvalue weighted by Crippen LogP contribution is -2.02. The number of benzene rings is 2. The average Bonchev–Trinajstić information content (AvgIpc) is 2.86. The molecule has 3 nitrogen and oxygen atoms in total. The smallest absolute Gasteiger partial charge is 0.0699 e. The summed E-state index contributed by atoms with van der Waals surface area (Å²) in [5.74, 6) is 0.444. The normalized spacial score (nSPS) is 11.2. The van der Waals surface area contributed by atoms with E-state index >= 15 is 0 Å². The third-order valence-corrected chi connectivity index (χ3v) is 3.72. The molecule has 0 bridgehead atoms. The van der Waals surface area contributed by atoms with Gasteiger partial charge in [0.05, 0.1) is 5.69 Å². The van der Waals surface area contributed by atoms with Crippen LogP contribution in [0, 0.1) is 0 Å². The summed E-state index contributed by atoms with van der Waals surface area (Å²) in [4.78, 5) is 0. The highest BCUT2D eigenvalue weighted by Crippen LogP contribution is 2.21. The molecule has 2 aromatic carbocycles. The summed E-state index contributed by atoms with van der Waals surface area (Å²) in [6.45, 7) is 5.17. The van der Waals surface area contributed by atoms with Gasteiger partial charge < -0.3 is 5.32 Å². The van der Waals surface area contributed by atoms with Gasteiger partial charge >= 0.3 is 0 Å². The average molecular weight is 279 g/mol. The third-order valence-electron chi connectivity index (χ3n) is 3.72. The fourth-order valence-corrected chi connectivity index (χ4v) is 2.67. The van der Waals surface area contributed by atoms with Gasteiger partial charge in [-0.05, 0) is 28.8 Å². The molecule has 0 radical (unpaired) electrons. The molecule has 3 aromatic rings. The molecule has 108 valence electrons. The number of anilines is 1. The molecule has 0 saturated carbocycles. The van der Waals surface area contributed by atoms with Gasteiger partial charge in [0.15, 0.2) is 0 Å². The fourth-order valence-electron chi connectivity index (χ4n) is 2.67. The summed E-state index contributed by atoms with van der Waals surface area (Å²) < 4.78 is 1.90. The number of fused-ring (bicyclic) bond motifs is 1. The third kappa shape index (κ3) is 2.92. The summed E-state index contributed by atoms with van der Waals surface area (Å²) in [5, 5.41) is 10.6. The number of rotatable bonds is 4. The maximum absolute atomic E-state index is 4.55. The maximum atomic E-state index is 4.55. The number of hydrogen-bond donors (Lipinski definition) is 1. The van der Waals surface area contributed by atoms with Crippen molar-refractivity contribution in [3.8, 4) is 0 Å². The first-order valence-electron chi connectivity index (χ1n) is 7.38. The highest BCUT2D eigenvalue weighted by atomic mass is 15.3. The predicted molar refractivity (Wildman–Crippen MR) is 88.6 cm³/mol. The second kappa shape index (κ2) is 5.60. The minimum atomic E-state index is 0.444. The highest BCUT2D eigenvalue weighted by molar-refractivity contribution is 5.85. The zero-order valence-corrected chi connectivity index (χ0v) is 12.8. The van der Waals surface area contributed by atoms with E-state index in [2.05, 4.69) is 72.9 Å². The molecule has 0 amide bonds. The van der Waals surface area contributed by atoms with Crippen LogP contribution in [0.2, 0.25) is 0 Å². The van der Waals surface area contributed by atoms with Crippen LogP contribution in [-0.2, 0) is 13.6 Å². The molecule has 21 heavy (non-hydrogen) atoms. The molecular formula is C18H21N3. The van der Waals surface area contributed by atoms with Gasteiger partial charge in [-0.15, -0.1) is 0 Å². The van der Waals surface area contributed by atoms with E-state index in [1.54, 1.807) is 0 Å². The molecule has 0 fully saturated rings. The highest BCUT2D eigenvalue weighted by Gasteiger charge is 2.10. The zero-order valence-electron chi connectivity index (χ0n) is 12.8. The second-order valence-electron chi connectivity index (χ2n) is 5.78. The Morgan fingerprint density at radius 3 is 2.62 bits per heavy atom. The Balaban J connectivity index is 1.80. The van der Waals surface area contributed by atoms with Crippen molar-refractivity contribution < 1.29 is 0 Å². The van der Waals surface area contributed by atoms with E-state index in [1.807, 2.05) is 11.7 Å². The van der Waals surface area contributed by atoms with E-state index in [0.29, 0.717) is 5.92 Å². The molecular weight excluding hydrogens is 258 g/mol. The van der Waals surface area contributed by atoms with Crippen LogP contribution in [-0.4, -0.2) is 9.78 Å². The van der Waals surface area contributed by atoms with Crippen molar-refractivity contribution in [2.75, 3.05) is 5.32 Å². The number of hydrogen-bond acceptors (Lipinski definition) is 2. The van der Waals surface area contributed by atoms with Crippen LogP contribution < -0.4 is 5.32 Å². The molecule has 0 aliphatic rings. The minimum Gasteiger partial charge on any atom is -0.381 e. The van der Waals surface area contributed by atoms with Crippen molar-refractivity contribution >= 4 is 16.5 Å². The number of aryl methyl sites for hydroxylation is 1. The lowest BCUT2D eigenvalue weighted by Gasteiger charge is -2.09. The van der Waals surface area contributed by atoms with Crippen molar-refractivity contribution in [1.29, 1.82) is 0 Å². The van der Waals surface area contributed by atoms with E-state index < -0.39 is 0 Å². The van der Waals surface area contributed by atoms with Crippen molar-refractivity contribution in [3.05, 3.63) is 59.9 Å². The van der Waals surface area contributed by atoms with Crippen LogP contribution in [0.4, 0.5) is 5.69 Å². The van der Waals surface area contributed by atoms with Gasteiger partial charge in [-0.25, -0.2) is 0 Å². The standard InChI is InChI=1S/C18H21N3/c1-13(2)18-16(12-21(3)20-18)11-19-17-9-8-14-6-4-5-7-15(14)10-17/h4-10,12-13,19H,11H2,1-3H3. The molecule has 0 aliphatic heterocycles. The van der Waals surface area contributed by atoms with Crippen molar-refractivity contribution in [2.45, 2.75) is 26.3 Å². The van der Waals surface area contributed by atoms with Crippen LogP contribution in [0.1, 0.15) is 31.0 Å². The predicted octanol–water partition coefficient (Wildman–Crippen LogP) is 4.31. The van der Waals surface area contributed by atoms with Gasteiger partial charge in [0.1, 0.15) is 0 Å². The maximum Gasteiger partial charge on any atom is 0.0699 e. The Morgan fingerprint density at radius 2 is 1.86 bits per heavy atom. The van der Waals surface area contributed by atoms with Crippen molar-refractivity contribution in [2.24, 2.45) is 7.05 Å². The Labute approximate surface area is 125 Å². The van der Waals surface area contributed by atoms with E-state index in [9.17, 15) is 0 Å². The first-order valence-corrected chi connectivity index (χ1v) is 7.38. The second-order valence-corrected chi connectivity index (χ2v) is 5.78. The summed E-state index contributed by atoms with van der Waals surface area (Å²) in [7, 11) is 1.98. The number of nitrogens with zero attached hydrogens (tertiary/aromatic N) is 2. The van der Waals surface area contributed by atoms with Crippen LogP contribution in [0.15, 0.2) is 48.7 Å². The van der Waals surface area contributed by atoms with E-state index in [1.165, 1.54) is 22.0 Å². The molecule has 1 N–H and O–H groups in total. The fraction of sp³-hybridized carbons (Fsp3) is 0.278. The lowest BCUT2D eigenvalue weighted by atomic mass is 10.1. The zero-order chi connectivity index (χ0) is 14.8. The summed E-state index contributed by atoms with van der Waals surface area (Å²) >= 11 is 0. The molecule has 0 saturated heterocycles. The van der Waals surface area contributed by atoms with Gasteiger partial charge in [-0.2, -0.15) is 5.10 Å². The topological polar surface area (TPSA) is 29.9 Å². The van der Waals surface area contributed by atoms with Gasteiger partial charge in [-0.3, -0.25) is 4.68 Å². The van der Waals surface area contributed by atoms with Gasteiger partial charge in [0.2, 0.25) is 0 Å². The lowest BCUT2D eigenvalue weighted by molar-refractivity contribution is 0.712. The van der Waals surface area contributed by atoms with Crippen LogP contribution in [0.3, 0.4) is 0 Å². The van der Waals surface area contributed by atoms with Crippen molar-refractivity contribution in [1.82, 2.24) is 9.78 Å². The molecule has 3 heteroatoms. The summed E-state index contributed by atoms with van der Waals surface area (Å²) in [5.41, 5.74) is 3.58. The Morgan fingerprint density at radius 1 is 1.10 bits per heavy atom. The van der Waals surface area contributed by atoms with E-state index in [-0.39, 0.29) is 0 Å². The largest absolute Gasteiger partial charge is 0.381 e. The SMILES string of the molecule is CC(C)c1nn(C)cc1CNc1ccc2ccccc2c1. The summed E-state index contributed by atoms with van der Waals surface area (Å²) in [6.07, 6.45) is 2.10.